The molecule has 0 aliphatic carbocycles. The minimum atomic E-state index is -0.486. The highest BCUT2D eigenvalue weighted by Crippen LogP contribution is 2.35. The molecule has 1 atom stereocenters. The van der Waals surface area contributed by atoms with Crippen LogP contribution < -0.4 is 10.1 Å². The van der Waals surface area contributed by atoms with Crippen molar-refractivity contribution in [2.45, 2.75) is 12.3 Å². The van der Waals surface area contributed by atoms with Gasteiger partial charge >= 0.3 is 5.97 Å². The lowest BCUT2D eigenvalue weighted by atomic mass is 9.97. The number of para-hydroxylation sites is 1. The van der Waals surface area contributed by atoms with Crippen LogP contribution in [0.1, 0.15) is 28.3 Å². The maximum Gasteiger partial charge on any atom is 0.337 e. The third-order valence-electron chi connectivity index (χ3n) is 3.89. The summed E-state index contributed by atoms with van der Waals surface area (Å²) in [4.78, 5) is 23.9. The molecule has 0 saturated carbocycles. The number of carbonyl (C=O) groups is 2. The Kier molecular flexibility index (Phi) is 4.71. The molecule has 5 nitrogen and oxygen atoms in total. The zero-order valence-electron chi connectivity index (χ0n) is 13.0. The molecule has 0 fully saturated rings. The monoisotopic (exact) mass is 345 g/mol. The molecule has 0 saturated heterocycles. The molecule has 1 aliphatic rings. The first-order chi connectivity index (χ1) is 11.6. The van der Waals surface area contributed by atoms with Gasteiger partial charge in [-0.05, 0) is 24.3 Å². The molecule has 0 bridgehead atoms. The summed E-state index contributed by atoms with van der Waals surface area (Å²) in [5.74, 6) is 0.147. The summed E-state index contributed by atoms with van der Waals surface area (Å²) >= 11 is 6.09. The molecule has 0 aromatic heterocycles. The van der Waals surface area contributed by atoms with Crippen molar-refractivity contribution in [1.29, 1.82) is 0 Å². The number of amides is 1. The van der Waals surface area contributed by atoms with E-state index in [4.69, 9.17) is 16.3 Å². The van der Waals surface area contributed by atoms with Crippen LogP contribution in [0.4, 0.5) is 5.69 Å². The first kappa shape index (κ1) is 16.3. The van der Waals surface area contributed by atoms with Crippen LogP contribution in [0.2, 0.25) is 5.02 Å². The van der Waals surface area contributed by atoms with Crippen LogP contribution in [0, 0.1) is 0 Å². The predicted octanol–water partition coefficient (Wildman–Crippen LogP) is 3.63. The van der Waals surface area contributed by atoms with E-state index in [0.717, 1.165) is 11.3 Å². The van der Waals surface area contributed by atoms with Gasteiger partial charge in [-0.3, -0.25) is 4.79 Å². The van der Waals surface area contributed by atoms with Crippen molar-refractivity contribution in [3.8, 4) is 5.75 Å². The van der Waals surface area contributed by atoms with Gasteiger partial charge in [0.2, 0.25) is 5.91 Å². The fourth-order valence-corrected chi connectivity index (χ4v) is 2.85. The third-order valence-corrected chi connectivity index (χ3v) is 4.22. The molecule has 3 rings (SSSR count). The molecule has 2 aromatic carbocycles. The molecular weight excluding hydrogens is 330 g/mol. The van der Waals surface area contributed by atoms with Gasteiger partial charge in [-0.25, -0.2) is 4.79 Å². The van der Waals surface area contributed by atoms with E-state index in [1.54, 1.807) is 12.1 Å². The van der Waals surface area contributed by atoms with Crippen molar-refractivity contribution in [3.05, 3.63) is 58.6 Å². The van der Waals surface area contributed by atoms with E-state index >= 15 is 0 Å². The van der Waals surface area contributed by atoms with Crippen molar-refractivity contribution in [1.82, 2.24) is 0 Å². The molecule has 124 valence electrons. The Morgan fingerprint density at radius 3 is 2.88 bits per heavy atom. The third kappa shape index (κ3) is 3.36. The molecule has 2 aromatic rings. The second-order valence-electron chi connectivity index (χ2n) is 5.48. The van der Waals surface area contributed by atoms with E-state index in [9.17, 15) is 9.59 Å². The lowest BCUT2D eigenvalue weighted by Gasteiger charge is -2.11. The van der Waals surface area contributed by atoms with Gasteiger partial charge < -0.3 is 14.8 Å². The van der Waals surface area contributed by atoms with Gasteiger partial charge in [0.05, 0.1) is 30.0 Å². The summed E-state index contributed by atoms with van der Waals surface area (Å²) in [6.07, 6.45) is 0.274. The Labute approximate surface area is 144 Å². The Balaban J connectivity index is 1.71. The number of fused-ring (bicyclic) bond motifs is 1. The van der Waals surface area contributed by atoms with E-state index in [1.807, 2.05) is 24.3 Å². The highest BCUT2D eigenvalue weighted by molar-refractivity contribution is 6.33. The van der Waals surface area contributed by atoms with E-state index < -0.39 is 5.97 Å². The number of halogens is 1. The number of carbonyl (C=O) groups excluding carboxylic acids is 2. The largest absolute Gasteiger partial charge is 0.493 e. The average Bonchev–Trinajstić information content (AvgIpc) is 2.99. The van der Waals surface area contributed by atoms with Gasteiger partial charge in [0.15, 0.2) is 0 Å². The van der Waals surface area contributed by atoms with Gasteiger partial charge in [-0.1, -0.05) is 29.8 Å². The van der Waals surface area contributed by atoms with Crippen LogP contribution in [-0.4, -0.2) is 25.6 Å². The predicted molar refractivity (Wildman–Crippen MR) is 90.7 cm³/mol. The van der Waals surface area contributed by atoms with Crippen LogP contribution in [-0.2, 0) is 9.53 Å². The molecule has 1 amide bonds. The smallest absolute Gasteiger partial charge is 0.337 e. The summed E-state index contributed by atoms with van der Waals surface area (Å²) in [5, 5.41) is 3.11. The van der Waals surface area contributed by atoms with Crippen LogP contribution in [0.3, 0.4) is 0 Å². The molecule has 1 N–H and O–H groups in total. The second kappa shape index (κ2) is 6.93. The maximum absolute atomic E-state index is 12.3. The number of anilines is 1. The fourth-order valence-electron chi connectivity index (χ4n) is 2.69. The SMILES string of the molecule is COC(=O)c1ccc(Cl)c(NC(=O)CC2COc3ccccc32)c1. The first-order valence-corrected chi connectivity index (χ1v) is 7.85. The molecule has 24 heavy (non-hydrogen) atoms. The number of nitrogens with one attached hydrogen (secondary N) is 1. The Morgan fingerprint density at radius 1 is 1.29 bits per heavy atom. The molecule has 6 heteroatoms. The van der Waals surface area contributed by atoms with Crippen LogP contribution in [0.15, 0.2) is 42.5 Å². The first-order valence-electron chi connectivity index (χ1n) is 7.48. The molecule has 1 aliphatic heterocycles. The summed E-state index contributed by atoms with van der Waals surface area (Å²) < 4.78 is 10.3. The van der Waals surface area contributed by atoms with Crippen molar-refractivity contribution >= 4 is 29.2 Å². The normalized spacial score (nSPS) is 15.3. The van der Waals surface area contributed by atoms with Gasteiger partial charge in [-0.2, -0.15) is 0 Å². The second-order valence-corrected chi connectivity index (χ2v) is 5.89. The number of rotatable bonds is 4. The molecule has 0 radical (unpaired) electrons. The zero-order valence-corrected chi connectivity index (χ0v) is 13.8. The average molecular weight is 346 g/mol. The zero-order chi connectivity index (χ0) is 17.1. The van der Waals surface area contributed by atoms with Gasteiger partial charge in [-0.15, -0.1) is 0 Å². The topological polar surface area (TPSA) is 64.6 Å². The molecule has 1 unspecified atom stereocenters. The lowest BCUT2D eigenvalue weighted by Crippen LogP contribution is -2.17. The van der Waals surface area contributed by atoms with E-state index in [0.29, 0.717) is 22.9 Å². The van der Waals surface area contributed by atoms with Crippen LogP contribution in [0.25, 0.3) is 0 Å². The van der Waals surface area contributed by atoms with Crippen molar-refractivity contribution in [2.75, 3.05) is 19.0 Å². The van der Waals surface area contributed by atoms with Gasteiger partial charge in [0.1, 0.15) is 5.75 Å². The number of ether oxygens (including phenoxy) is 2. The summed E-state index contributed by atoms with van der Waals surface area (Å²) in [7, 11) is 1.30. The maximum atomic E-state index is 12.3. The van der Waals surface area contributed by atoms with Crippen molar-refractivity contribution in [2.24, 2.45) is 0 Å². The quantitative estimate of drug-likeness (QED) is 0.859. The summed E-state index contributed by atoms with van der Waals surface area (Å²) in [6, 6.07) is 12.3. The number of methoxy groups -OCH3 is 1. The van der Waals surface area contributed by atoms with Gasteiger partial charge in [0, 0.05) is 17.9 Å². The molecular formula is C18H16ClNO4. The number of hydrogen-bond acceptors (Lipinski definition) is 4. The fraction of sp³-hybridized carbons (Fsp3) is 0.222. The van der Waals surface area contributed by atoms with Crippen LogP contribution in [0.5, 0.6) is 5.75 Å². The van der Waals surface area contributed by atoms with E-state index in [-0.39, 0.29) is 18.2 Å². The Morgan fingerprint density at radius 2 is 2.08 bits per heavy atom. The molecule has 1 heterocycles. The van der Waals surface area contributed by atoms with E-state index in [2.05, 4.69) is 10.1 Å². The van der Waals surface area contributed by atoms with Crippen LogP contribution >= 0.6 is 11.6 Å². The Bertz CT molecular complexity index is 790. The van der Waals surface area contributed by atoms with Crippen molar-refractivity contribution in [3.63, 3.8) is 0 Å². The lowest BCUT2D eigenvalue weighted by molar-refractivity contribution is -0.116. The number of esters is 1. The summed E-state index contributed by atoms with van der Waals surface area (Å²) in [6.45, 7) is 0.475. The Hall–Kier alpha value is -2.53. The minimum Gasteiger partial charge on any atom is -0.493 e. The molecule has 0 spiro atoms. The standard InChI is InChI=1S/C18H16ClNO4/c1-23-18(22)11-6-7-14(19)15(8-11)20-17(21)9-12-10-24-16-5-3-2-4-13(12)16/h2-8,12H,9-10H2,1H3,(H,20,21). The highest BCUT2D eigenvalue weighted by atomic mass is 35.5. The summed E-state index contributed by atoms with van der Waals surface area (Å²) in [5.41, 5.74) is 1.74. The number of hydrogen-bond donors (Lipinski definition) is 1. The van der Waals surface area contributed by atoms with Crippen molar-refractivity contribution < 1.29 is 19.1 Å². The van der Waals surface area contributed by atoms with E-state index in [1.165, 1.54) is 13.2 Å². The highest BCUT2D eigenvalue weighted by Gasteiger charge is 2.26. The minimum absolute atomic E-state index is 0.00349. The van der Waals surface area contributed by atoms with Gasteiger partial charge in [0.25, 0.3) is 0 Å². The number of benzene rings is 2.